The number of alkyl halides is 3. The van der Waals surface area contributed by atoms with Crippen LogP contribution in [0, 0.1) is 0 Å². The van der Waals surface area contributed by atoms with Gasteiger partial charge >= 0.3 is 6.18 Å². The quantitative estimate of drug-likeness (QED) is 0.883. The summed E-state index contributed by atoms with van der Waals surface area (Å²) in [6, 6.07) is 4.37. The summed E-state index contributed by atoms with van der Waals surface area (Å²) in [5, 5.41) is 2.71. The Bertz CT molecular complexity index is 491. The van der Waals surface area contributed by atoms with Crippen LogP contribution in [0.4, 0.5) is 18.9 Å². The van der Waals surface area contributed by atoms with E-state index in [-0.39, 0.29) is 11.9 Å². The van der Waals surface area contributed by atoms with E-state index in [1.165, 1.54) is 29.9 Å². The molecule has 22 heavy (non-hydrogen) atoms. The molecule has 3 nitrogen and oxygen atoms in total. The molecule has 0 radical (unpaired) electrons. The van der Waals surface area contributed by atoms with Gasteiger partial charge in [-0.25, -0.2) is 0 Å². The fraction of sp³-hybridized carbons (Fsp3) is 0.562. The van der Waals surface area contributed by atoms with Gasteiger partial charge in [0.25, 0.3) is 5.91 Å². The van der Waals surface area contributed by atoms with Gasteiger partial charge in [-0.1, -0.05) is 0 Å². The van der Waals surface area contributed by atoms with Crippen LogP contribution in [0.2, 0.25) is 0 Å². The molecular formula is C16H22F3N2O+. The van der Waals surface area contributed by atoms with E-state index >= 15 is 0 Å². The van der Waals surface area contributed by atoms with Gasteiger partial charge in [-0.3, -0.25) is 4.79 Å². The van der Waals surface area contributed by atoms with Crippen LogP contribution in [0.25, 0.3) is 0 Å². The highest BCUT2D eigenvalue weighted by molar-refractivity contribution is 5.93. The van der Waals surface area contributed by atoms with Gasteiger partial charge in [-0.15, -0.1) is 0 Å². The van der Waals surface area contributed by atoms with E-state index in [0.29, 0.717) is 5.69 Å². The van der Waals surface area contributed by atoms with Crippen LogP contribution in [-0.2, 0) is 11.0 Å². The number of nitrogens with one attached hydrogen (secondary N) is 2. The summed E-state index contributed by atoms with van der Waals surface area (Å²) in [5.74, 6) is -0.142. The van der Waals surface area contributed by atoms with Crippen molar-refractivity contribution in [3.05, 3.63) is 29.8 Å². The first kappa shape index (κ1) is 16.8. The van der Waals surface area contributed by atoms with E-state index in [1.807, 2.05) is 6.92 Å². The number of halogens is 3. The smallest absolute Gasteiger partial charge is 0.325 e. The minimum absolute atomic E-state index is 0.142. The Morgan fingerprint density at radius 3 is 2.14 bits per heavy atom. The Balaban J connectivity index is 1.95. The number of hydrogen-bond acceptors (Lipinski definition) is 1. The lowest BCUT2D eigenvalue weighted by molar-refractivity contribution is -0.913. The van der Waals surface area contributed by atoms with Gasteiger partial charge in [-0.2, -0.15) is 13.2 Å². The summed E-state index contributed by atoms with van der Waals surface area (Å²) < 4.78 is 37.5. The SMILES string of the molecule is C[C@@H](C(=O)Nc1ccc(C(F)(F)F)cc1)[NH+]1CCCCCC1. The van der Waals surface area contributed by atoms with Crippen molar-refractivity contribution in [3.63, 3.8) is 0 Å². The molecule has 1 aliphatic heterocycles. The van der Waals surface area contributed by atoms with E-state index < -0.39 is 11.7 Å². The first-order valence-electron chi connectivity index (χ1n) is 7.70. The summed E-state index contributed by atoms with van der Waals surface area (Å²) in [6.45, 7) is 3.82. The second-order valence-corrected chi connectivity index (χ2v) is 5.86. The van der Waals surface area contributed by atoms with E-state index in [9.17, 15) is 18.0 Å². The second-order valence-electron chi connectivity index (χ2n) is 5.86. The Hall–Kier alpha value is -1.56. The molecule has 1 fully saturated rings. The summed E-state index contributed by atoms with van der Waals surface area (Å²) in [6.07, 6.45) is 0.292. The molecule has 0 aromatic heterocycles. The van der Waals surface area contributed by atoms with Crippen LogP contribution in [0.1, 0.15) is 38.2 Å². The number of rotatable bonds is 3. The first-order chi connectivity index (χ1) is 10.4. The lowest BCUT2D eigenvalue weighted by atomic mass is 10.2. The fourth-order valence-electron chi connectivity index (χ4n) is 2.79. The lowest BCUT2D eigenvalue weighted by Crippen LogP contribution is -3.16. The van der Waals surface area contributed by atoms with Gasteiger partial charge in [0.05, 0.1) is 18.7 Å². The molecule has 0 unspecified atom stereocenters. The van der Waals surface area contributed by atoms with Crippen molar-refractivity contribution in [3.8, 4) is 0 Å². The zero-order chi connectivity index (χ0) is 16.2. The molecule has 1 aromatic rings. The van der Waals surface area contributed by atoms with Crippen molar-refractivity contribution in [2.45, 2.75) is 44.8 Å². The van der Waals surface area contributed by atoms with Gasteiger partial charge in [0.1, 0.15) is 0 Å². The highest BCUT2D eigenvalue weighted by Crippen LogP contribution is 2.29. The molecule has 0 saturated carbocycles. The number of anilines is 1. The molecule has 1 aromatic carbocycles. The van der Waals surface area contributed by atoms with Gasteiger partial charge in [-0.05, 0) is 56.9 Å². The Labute approximate surface area is 128 Å². The number of benzene rings is 1. The molecule has 122 valence electrons. The van der Waals surface area contributed by atoms with Crippen molar-refractivity contribution in [2.75, 3.05) is 18.4 Å². The highest BCUT2D eigenvalue weighted by Gasteiger charge is 2.30. The van der Waals surface area contributed by atoms with Crippen LogP contribution >= 0.6 is 0 Å². The van der Waals surface area contributed by atoms with Crippen LogP contribution in [0.15, 0.2) is 24.3 Å². The third-order valence-electron chi connectivity index (χ3n) is 4.23. The second kappa shape index (κ2) is 7.13. The minimum atomic E-state index is -4.36. The van der Waals surface area contributed by atoms with Crippen LogP contribution < -0.4 is 10.2 Å². The van der Waals surface area contributed by atoms with Gasteiger partial charge in [0.15, 0.2) is 6.04 Å². The molecule has 1 aliphatic rings. The third kappa shape index (κ3) is 4.47. The van der Waals surface area contributed by atoms with Crippen molar-refractivity contribution >= 4 is 11.6 Å². The zero-order valence-corrected chi connectivity index (χ0v) is 12.7. The maximum absolute atomic E-state index is 12.5. The van der Waals surface area contributed by atoms with E-state index in [0.717, 1.165) is 38.1 Å². The molecule has 1 saturated heterocycles. The maximum Gasteiger partial charge on any atom is 0.416 e. The molecule has 1 heterocycles. The minimum Gasteiger partial charge on any atom is -0.325 e. The standard InChI is InChI=1S/C16H21F3N2O/c1-12(21-10-4-2-3-5-11-21)15(22)20-14-8-6-13(7-9-14)16(17,18)19/h6-9,12H,2-5,10-11H2,1H3,(H,20,22)/p+1/t12-/m0/s1. The molecular weight excluding hydrogens is 293 g/mol. The monoisotopic (exact) mass is 315 g/mol. The van der Waals surface area contributed by atoms with Crippen LogP contribution in [-0.4, -0.2) is 25.0 Å². The van der Waals surface area contributed by atoms with Crippen molar-refractivity contribution in [2.24, 2.45) is 0 Å². The lowest BCUT2D eigenvalue weighted by Gasteiger charge is -2.23. The maximum atomic E-state index is 12.5. The Kier molecular flexibility index (Phi) is 5.45. The van der Waals surface area contributed by atoms with Crippen molar-refractivity contribution in [1.82, 2.24) is 0 Å². The van der Waals surface area contributed by atoms with Crippen LogP contribution in [0.5, 0.6) is 0 Å². The highest BCUT2D eigenvalue weighted by atomic mass is 19.4. The first-order valence-corrected chi connectivity index (χ1v) is 7.70. The average molecular weight is 315 g/mol. The molecule has 1 amide bonds. The molecule has 6 heteroatoms. The van der Waals surface area contributed by atoms with E-state index in [1.54, 1.807) is 0 Å². The molecule has 0 aliphatic carbocycles. The summed E-state index contributed by atoms with van der Waals surface area (Å²) in [7, 11) is 0. The molecule has 0 bridgehead atoms. The number of carbonyl (C=O) groups excluding carboxylic acids is 1. The third-order valence-corrected chi connectivity index (χ3v) is 4.23. The summed E-state index contributed by atoms with van der Waals surface area (Å²) in [5.41, 5.74) is -0.309. The van der Waals surface area contributed by atoms with E-state index in [2.05, 4.69) is 5.32 Å². The predicted octanol–water partition coefficient (Wildman–Crippen LogP) is 2.49. The number of hydrogen-bond donors (Lipinski definition) is 2. The average Bonchev–Trinajstić information content (AvgIpc) is 2.75. The zero-order valence-electron chi connectivity index (χ0n) is 12.7. The fourth-order valence-corrected chi connectivity index (χ4v) is 2.79. The predicted molar refractivity (Wildman–Crippen MR) is 78.7 cm³/mol. The Morgan fingerprint density at radius 1 is 1.09 bits per heavy atom. The molecule has 1 atom stereocenters. The van der Waals surface area contributed by atoms with Crippen LogP contribution in [0.3, 0.4) is 0 Å². The molecule has 2 N–H and O–H groups in total. The number of amides is 1. The number of likely N-dealkylation sites (tertiary alicyclic amines) is 1. The summed E-state index contributed by atoms with van der Waals surface area (Å²) in [4.78, 5) is 13.5. The topological polar surface area (TPSA) is 33.5 Å². The van der Waals surface area contributed by atoms with Gasteiger partial charge in [0.2, 0.25) is 0 Å². The number of quaternary nitrogens is 1. The van der Waals surface area contributed by atoms with Crippen molar-refractivity contribution < 1.29 is 22.9 Å². The molecule has 2 rings (SSSR count). The normalized spacial score (nSPS) is 18.5. The Morgan fingerprint density at radius 2 is 1.64 bits per heavy atom. The number of carbonyl (C=O) groups is 1. The van der Waals surface area contributed by atoms with Gasteiger partial charge in [0, 0.05) is 5.69 Å². The van der Waals surface area contributed by atoms with Crippen molar-refractivity contribution in [1.29, 1.82) is 0 Å². The summed E-state index contributed by atoms with van der Waals surface area (Å²) >= 11 is 0. The molecule has 0 spiro atoms. The largest absolute Gasteiger partial charge is 0.416 e. The van der Waals surface area contributed by atoms with Gasteiger partial charge < -0.3 is 10.2 Å². The van der Waals surface area contributed by atoms with E-state index in [4.69, 9.17) is 0 Å².